The van der Waals surface area contributed by atoms with Crippen molar-refractivity contribution in [1.29, 1.82) is 5.41 Å². The number of nitrogens with one attached hydrogen (secondary N) is 4. The molecular formula is C29H33F6N7O6. The number of halogens is 6. The average Bonchev–Trinajstić information content (AvgIpc) is 3.00. The number of methoxy groups -OCH3 is 1. The standard InChI is InChI=1S/C25H31N7O2.2C2HF3O2/c1-15-10-11-19-18(12-15)22(30-20-8-3-4-9-21(20)31-25(26)27)32-23(29-19)24(33)28-14-16-6-5-7-17(13-16)34-2;2*3-2(4,5)1(6)7/h5-7,10-13,20-21H,3-4,8-9,14H2,1-2H3,(H,28,33)(H4,26,27,31)(H,29,30,32);2*(H,6,7). The minimum absolute atomic E-state index is 0.0198. The van der Waals surface area contributed by atoms with Gasteiger partial charge in [-0.3, -0.25) is 10.2 Å². The van der Waals surface area contributed by atoms with Gasteiger partial charge in [-0.05, 0) is 49.6 Å². The molecule has 3 aromatic rings. The Hall–Kier alpha value is -5.36. The number of aryl methyl sites for hydroxylation is 1. The van der Waals surface area contributed by atoms with Crippen LogP contribution in [0.2, 0.25) is 0 Å². The number of benzene rings is 2. The third-order valence-corrected chi connectivity index (χ3v) is 6.56. The van der Waals surface area contributed by atoms with E-state index < -0.39 is 24.3 Å². The number of nitrogens with zero attached hydrogens (tertiary/aromatic N) is 2. The van der Waals surface area contributed by atoms with Crippen LogP contribution in [0.25, 0.3) is 10.9 Å². The predicted octanol–water partition coefficient (Wildman–Crippen LogP) is 4.35. The van der Waals surface area contributed by atoms with Gasteiger partial charge >= 0.3 is 24.3 Å². The number of amides is 1. The van der Waals surface area contributed by atoms with Gasteiger partial charge in [0.05, 0.1) is 12.6 Å². The Morgan fingerprint density at radius 2 is 1.54 bits per heavy atom. The van der Waals surface area contributed by atoms with E-state index >= 15 is 0 Å². The summed E-state index contributed by atoms with van der Waals surface area (Å²) >= 11 is 0. The third kappa shape index (κ3) is 12.4. The number of rotatable bonds is 7. The number of alkyl halides is 6. The molecule has 0 spiro atoms. The van der Waals surface area contributed by atoms with Gasteiger partial charge in [0.15, 0.2) is 5.96 Å². The summed E-state index contributed by atoms with van der Waals surface area (Å²) in [5.74, 6) is -4.46. The van der Waals surface area contributed by atoms with E-state index in [2.05, 4.69) is 25.9 Å². The molecule has 1 aromatic heterocycles. The number of carboxylic acids is 2. The summed E-state index contributed by atoms with van der Waals surface area (Å²) in [4.78, 5) is 39.9. The van der Waals surface area contributed by atoms with Crippen LogP contribution in [-0.2, 0) is 16.1 Å². The fourth-order valence-electron chi connectivity index (χ4n) is 4.35. The molecule has 8 N–H and O–H groups in total. The summed E-state index contributed by atoms with van der Waals surface area (Å²) in [5.41, 5.74) is 8.31. The molecule has 0 bridgehead atoms. The fourth-order valence-corrected chi connectivity index (χ4v) is 4.35. The van der Waals surface area contributed by atoms with E-state index in [0.717, 1.165) is 47.9 Å². The molecule has 262 valence electrons. The molecule has 1 heterocycles. The number of fused-ring (bicyclic) bond motifs is 1. The van der Waals surface area contributed by atoms with Gasteiger partial charge in [-0.2, -0.15) is 26.3 Å². The largest absolute Gasteiger partial charge is 0.497 e. The third-order valence-electron chi connectivity index (χ3n) is 6.56. The summed E-state index contributed by atoms with van der Waals surface area (Å²) in [6.45, 7) is 2.35. The zero-order valence-electron chi connectivity index (χ0n) is 25.5. The zero-order chi connectivity index (χ0) is 36.2. The average molecular weight is 690 g/mol. The number of hydrogen-bond donors (Lipinski definition) is 7. The molecule has 1 aliphatic rings. The monoisotopic (exact) mass is 689 g/mol. The molecule has 1 fully saturated rings. The topological polar surface area (TPSA) is 213 Å². The van der Waals surface area contributed by atoms with E-state index in [1.165, 1.54) is 0 Å². The molecule has 2 unspecified atom stereocenters. The highest BCUT2D eigenvalue weighted by atomic mass is 19.4. The van der Waals surface area contributed by atoms with Crippen LogP contribution in [0.5, 0.6) is 5.75 Å². The van der Waals surface area contributed by atoms with E-state index in [0.29, 0.717) is 17.9 Å². The van der Waals surface area contributed by atoms with Gasteiger partial charge in [0, 0.05) is 24.0 Å². The molecule has 2 atom stereocenters. The number of anilines is 1. The molecular weight excluding hydrogens is 656 g/mol. The second-order valence-electron chi connectivity index (χ2n) is 10.3. The van der Waals surface area contributed by atoms with E-state index in [1.807, 2.05) is 49.4 Å². The van der Waals surface area contributed by atoms with Crippen molar-refractivity contribution < 1.29 is 55.7 Å². The molecule has 0 saturated heterocycles. The van der Waals surface area contributed by atoms with Crippen molar-refractivity contribution in [2.45, 2.75) is 63.6 Å². The van der Waals surface area contributed by atoms with Crippen molar-refractivity contribution in [3.8, 4) is 5.75 Å². The maximum atomic E-state index is 13.0. The van der Waals surface area contributed by atoms with Gasteiger partial charge in [-0.15, -0.1) is 0 Å². The number of hydrogen-bond acceptors (Lipinski definition) is 8. The zero-order valence-corrected chi connectivity index (χ0v) is 25.5. The molecule has 0 radical (unpaired) electrons. The summed E-state index contributed by atoms with van der Waals surface area (Å²) in [7, 11) is 1.61. The smallest absolute Gasteiger partial charge is 0.490 e. The predicted molar refractivity (Wildman–Crippen MR) is 161 cm³/mol. The first kappa shape index (κ1) is 38.8. The van der Waals surface area contributed by atoms with Crippen LogP contribution in [0.1, 0.15) is 47.4 Å². The number of nitrogens with two attached hydrogens (primary N) is 1. The molecule has 4 rings (SSSR count). The van der Waals surface area contributed by atoms with Crippen molar-refractivity contribution in [2.75, 3.05) is 12.4 Å². The number of carboxylic acid groups (broad SMARTS) is 2. The number of aromatic nitrogens is 2. The van der Waals surface area contributed by atoms with Crippen LogP contribution in [-0.4, -0.2) is 75.5 Å². The molecule has 13 nitrogen and oxygen atoms in total. The summed E-state index contributed by atoms with van der Waals surface area (Å²) in [6, 6.07) is 13.5. The summed E-state index contributed by atoms with van der Waals surface area (Å²) in [5, 5.41) is 32.2. The maximum absolute atomic E-state index is 13.0. The lowest BCUT2D eigenvalue weighted by molar-refractivity contribution is -0.193. The molecule has 19 heteroatoms. The van der Waals surface area contributed by atoms with Crippen LogP contribution in [0.3, 0.4) is 0 Å². The quantitative estimate of drug-likeness (QED) is 0.105. The molecule has 0 aliphatic heterocycles. The van der Waals surface area contributed by atoms with Gasteiger partial charge in [-0.25, -0.2) is 19.6 Å². The molecule has 1 amide bonds. The number of guanidine groups is 1. The van der Waals surface area contributed by atoms with Crippen LogP contribution in [0.4, 0.5) is 32.2 Å². The molecule has 1 saturated carbocycles. The number of aliphatic carboxylic acids is 2. The van der Waals surface area contributed by atoms with Crippen LogP contribution < -0.4 is 26.4 Å². The lowest BCUT2D eigenvalue weighted by Gasteiger charge is -2.33. The number of carbonyl (C=O) groups excluding carboxylic acids is 1. The second kappa shape index (κ2) is 17.0. The SMILES string of the molecule is COc1cccc(CNC(=O)c2nc(NC3CCCCC3NC(=N)N)c3cc(C)ccc3n2)c1.O=C(O)C(F)(F)F.O=C(O)C(F)(F)F. The normalized spacial score (nSPS) is 15.8. The van der Waals surface area contributed by atoms with E-state index in [9.17, 15) is 31.1 Å². The molecule has 48 heavy (non-hydrogen) atoms. The fraction of sp³-hybridized carbons (Fsp3) is 0.379. The van der Waals surface area contributed by atoms with Crippen LogP contribution >= 0.6 is 0 Å². The van der Waals surface area contributed by atoms with Gasteiger partial charge in [0.2, 0.25) is 5.82 Å². The van der Waals surface area contributed by atoms with Gasteiger partial charge in [-0.1, -0.05) is 36.6 Å². The Balaban J connectivity index is 0.000000479. The number of ether oxygens (including phenoxy) is 1. The Kier molecular flexibility index (Phi) is 13.7. The molecule has 2 aromatic carbocycles. The van der Waals surface area contributed by atoms with Crippen LogP contribution in [0, 0.1) is 12.3 Å². The second-order valence-corrected chi connectivity index (χ2v) is 10.3. The van der Waals surface area contributed by atoms with Crippen molar-refractivity contribution in [1.82, 2.24) is 20.6 Å². The number of carbonyl (C=O) groups is 3. The first-order valence-corrected chi connectivity index (χ1v) is 14.0. The minimum atomic E-state index is -5.08. The highest BCUT2D eigenvalue weighted by Crippen LogP contribution is 2.27. The van der Waals surface area contributed by atoms with Crippen molar-refractivity contribution in [3.63, 3.8) is 0 Å². The van der Waals surface area contributed by atoms with Crippen molar-refractivity contribution in [3.05, 3.63) is 59.4 Å². The van der Waals surface area contributed by atoms with Crippen molar-refractivity contribution >= 4 is 40.5 Å². The highest BCUT2D eigenvalue weighted by Gasteiger charge is 2.39. The van der Waals surface area contributed by atoms with Gasteiger partial charge in [0.1, 0.15) is 11.6 Å². The minimum Gasteiger partial charge on any atom is -0.497 e. The van der Waals surface area contributed by atoms with Crippen molar-refractivity contribution in [2.24, 2.45) is 5.73 Å². The Morgan fingerprint density at radius 3 is 2.08 bits per heavy atom. The summed E-state index contributed by atoms with van der Waals surface area (Å²) < 4.78 is 68.7. The van der Waals surface area contributed by atoms with Gasteiger partial charge in [0.25, 0.3) is 5.91 Å². The Bertz CT molecular complexity index is 1580. The maximum Gasteiger partial charge on any atom is 0.490 e. The van der Waals surface area contributed by atoms with Crippen LogP contribution in [0.15, 0.2) is 42.5 Å². The highest BCUT2D eigenvalue weighted by molar-refractivity contribution is 5.96. The first-order valence-electron chi connectivity index (χ1n) is 14.0. The van der Waals surface area contributed by atoms with E-state index in [1.54, 1.807) is 7.11 Å². The lowest BCUT2D eigenvalue weighted by Crippen LogP contribution is -2.50. The molecule has 1 aliphatic carbocycles. The van der Waals surface area contributed by atoms with E-state index in [4.69, 9.17) is 35.7 Å². The summed E-state index contributed by atoms with van der Waals surface area (Å²) in [6.07, 6.45) is -6.19. The van der Waals surface area contributed by atoms with Gasteiger partial charge < -0.3 is 36.6 Å². The Labute approximate surface area is 269 Å². The Morgan fingerprint density at radius 1 is 0.958 bits per heavy atom. The van der Waals surface area contributed by atoms with E-state index in [-0.39, 0.29) is 29.8 Å². The first-order chi connectivity index (χ1) is 22.3. The lowest BCUT2D eigenvalue weighted by atomic mass is 9.90.